The molecule has 0 aliphatic heterocycles. The topological polar surface area (TPSA) is 124 Å². The van der Waals surface area contributed by atoms with Crippen molar-refractivity contribution in [3.63, 3.8) is 0 Å². The first-order valence-corrected chi connectivity index (χ1v) is 10.0. The molecule has 8 heteroatoms. The molecule has 3 rings (SSSR count). The van der Waals surface area contributed by atoms with Gasteiger partial charge in [-0.3, -0.25) is 19.1 Å². The third-order valence-electron chi connectivity index (χ3n) is 4.71. The Morgan fingerprint density at radius 3 is 2.19 bits per heavy atom. The average Bonchev–Trinajstić information content (AvgIpc) is 3.14. The second-order valence-electron chi connectivity index (χ2n) is 7.44. The van der Waals surface area contributed by atoms with E-state index in [1.807, 2.05) is 67.7 Å². The lowest BCUT2D eigenvalue weighted by atomic mass is 10.1. The van der Waals surface area contributed by atoms with Crippen LogP contribution in [-0.4, -0.2) is 45.5 Å². The van der Waals surface area contributed by atoms with Crippen molar-refractivity contribution in [1.82, 2.24) is 14.7 Å². The van der Waals surface area contributed by atoms with Crippen LogP contribution in [0.3, 0.4) is 0 Å². The summed E-state index contributed by atoms with van der Waals surface area (Å²) >= 11 is 0. The second kappa shape index (κ2) is 10.2. The Hall–Kier alpha value is -4.20. The smallest absolute Gasteiger partial charge is 0.247 e. The van der Waals surface area contributed by atoms with Crippen LogP contribution in [0.4, 0.5) is 0 Å². The minimum absolute atomic E-state index is 0.399. The van der Waals surface area contributed by atoms with E-state index in [0.717, 1.165) is 27.2 Å². The van der Waals surface area contributed by atoms with Crippen molar-refractivity contribution in [3.05, 3.63) is 83.6 Å². The Bertz CT molecular complexity index is 1120. The number of carbonyl (C=O) groups excluding carboxylic acids is 3. The summed E-state index contributed by atoms with van der Waals surface area (Å²) in [6.45, 7) is 1.77. The van der Waals surface area contributed by atoms with E-state index in [9.17, 15) is 14.4 Å². The highest BCUT2D eigenvalue weighted by molar-refractivity contribution is 5.97. The van der Waals surface area contributed by atoms with Crippen LogP contribution in [0.25, 0.3) is 17.3 Å². The quantitative estimate of drug-likeness (QED) is 0.501. The number of amides is 3. The highest BCUT2D eigenvalue weighted by Crippen LogP contribution is 2.24. The van der Waals surface area contributed by atoms with Crippen molar-refractivity contribution in [2.45, 2.75) is 13.5 Å². The van der Waals surface area contributed by atoms with Crippen molar-refractivity contribution in [2.75, 3.05) is 13.1 Å². The molecule has 0 saturated heterocycles. The molecule has 0 aliphatic carbocycles. The van der Waals surface area contributed by atoms with Crippen molar-refractivity contribution in [2.24, 2.45) is 11.5 Å². The average molecular weight is 431 g/mol. The monoisotopic (exact) mass is 431 g/mol. The van der Waals surface area contributed by atoms with Gasteiger partial charge in [-0.2, -0.15) is 5.10 Å². The van der Waals surface area contributed by atoms with E-state index in [2.05, 4.69) is 0 Å². The third kappa shape index (κ3) is 6.15. The fourth-order valence-corrected chi connectivity index (χ4v) is 3.20. The maximum atomic E-state index is 12.6. The Kier molecular flexibility index (Phi) is 7.17. The number of nitrogens with two attached hydrogens (primary N) is 2. The summed E-state index contributed by atoms with van der Waals surface area (Å²) in [5.74, 6) is -2.01. The standard InChI is InChI=1S/C24H25N5O3/c1-17-7-9-19(10-8-17)24-20(14-29(27-24)13-18-5-3-2-4-6-18)11-12-23(32)28(15-21(25)30)16-22(26)31/h2-12,14H,13,15-16H2,1H3,(H2,25,30)(H2,26,31)/b12-11+. The second-order valence-corrected chi connectivity index (χ2v) is 7.44. The maximum Gasteiger partial charge on any atom is 0.247 e. The maximum absolute atomic E-state index is 12.6. The summed E-state index contributed by atoms with van der Waals surface area (Å²) in [7, 11) is 0. The Morgan fingerprint density at radius 1 is 0.969 bits per heavy atom. The molecule has 2 aromatic carbocycles. The molecule has 4 N–H and O–H groups in total. The Labute approximate surface area is 186 Å². The molecule has 32 heavy (non-hydrogen) atoms. The largest absolute Gasteiger partial charge is 0.368 e. The molecule has 0 atom stereocenters. The van der Waals surface area contributed by atoms with Gasteiger partial charge in [0.15, 0.2) is 0 Å². The zero-order valence-electron chi connectivity index (χ0n) is 17.8. The van der Waals surface area contributed by atoms with Crippen LogP contribution in [0.2, 0.25) is 0 Å². The van der Waals surface area contributed by atoms with Gasteiger partial charge in [-0.05, 0) is 18.6 Å². The van der Waals surface area contributed by atoms with Crippen LogP contribution in [-0.2, 0) is 20.9 Å². The van der Waals surface area contributed by atoms with Gasteiger partial charge in [-0.1, -0.05) is 60.2 Å². The number of rotatable bonds is 9. The first kappa shape index (κ1) is 22.5. The van der Waals surface area contributed by atoms with Crippen molar-refractivity contribution in [3.8, 4) is 11.3 Å². The summed E-state index contributed by atoms with van der Waals surface area (Å²) in [5, 5.41) is 4.72. The van der Waals surface area contributed by atoms with Crippen LogP contribution in [0.5, 0.6) is 0 Å². The van der Waals surface area contributed by atoms with Crippen LogP contribution >= 0.6 is 0 Å². The molecule has 0 radical (unpaired) electrons. The molecule has 3 aromatic rings. The van der Waals surface area contributed by atoms with Crippen molar-refractivity contribution < 1.29 is 14.4 Å². The summed E-state index contributed by atoms with van der Waals surface area (Å²) in [5.41, 5.74) is 14.9. The third-order valence-corrected chi connectivity index (χ3v) is 4.71. The summed E-state index contributed by atoms with van der Waals surface area (Å²) in [4.78, 5) is 36.1. The lowest BCUT2D eigenvalue weighted by molar-refractivity contribution is -0.134. The number of hydrogen-bond acceptors (Lipinski definition) is 4. The van der Waals surface area contributed by atoms with Crippen molar-refractivity contribution in [1.29, 1.82) is 0 Å². The van der Waals surface area contributed by atoms with Gasteiger partial charge in [-0.25, -0.2) is 0 Å². The summed E-state index contributed by atoms with van der Waals surface area (Å²) < 4.78 is 1.80. The normalized spacial score (nSPS) is 10.9. The molecule has 0 spiro atoms. The minimum Gasteiger partial charge on any atom is -0.368 e. The first-order valence-electron chi connectivity index (χ1n) is 10.0. The van der Waals surface area contributed by atoms with Crippen LogP contribution in [0.15, 0.2) is 66.9 Å². The van der Waals surface area contributed by atoms with E-state index in [-0.39, 0.29) is 0 Å². The summed E-state index contributed by atoms with van der Waals surface area (Å²) in [6.07, 6.45) is 4.74. The molecule has 0 fully saturated rings. The SMILES string of the molecule is Cc1ccc(-c2nn(Cc3ccccc3)cc2/C=C/C(=O)N(CC(N)=O)CC(N)=O)cc1. The lowest BCUT2D eigenvalue weighted by Crippen LogP contribution is -2.42. The number of primary amides is 2. The van der Waals surface area contributed by atoms with Gasteiger partial charge >= 0.3 is 0 Å². The molecule has 0 aliphatic rings. The van der Waals surface area contributed by atoms with Crippen molar-refractivity contribution >= 4 is 23.8 Å². The van der Waals surface area contributed by atoms with E-state index < -0.39 is 30.8 Å². The molecular weight excluding hydrogens is 406 g/mol. The van der Waals surface area contributed by atoms with Gasteiger partial charge in [0.2, 0.25) is 17.7 Å². The molecule has 8 nitrogen and oxygen atoms in total. The fraction of sp³-hybridized carbons (Fsp3) is 0.167. The van der Waals surface area contributed by atoms with Gasteiger partial charge in [0.1, 0.15) is 13.1 Å². The highest BCUT2D eigenvalue weighted by Gasteiger charge is 2.16. The van der Waals surface area contributed by atoms with Gasteiger partial charge in [0, 0.05) is 23.4 Å². The number of carbonyl (C=O) groups is 3. The Morgan fingerprint density at radius 2 is 1.59 bits per heavy atom. The molecule has 0 saturated carbocycles. The Balaban J connectivity index is 1.92. The van der Waals surface area contributed by atoms with Crippen LogP contribution in [0.1, 0.15) is 16.7 Å². The van der Waals surface area contributed by atoms with Gasteiger partial charge < -0.3 is 16.4 Å². The van der Waals surface area contributed by atoms with Gasteiger partial charge in [0.05, 0.1) is 12.2 Å². The molecular formula is C24H25N5O3. The number of aromatic nitrogens is 2. The van der Waals surface area contributed by atoms with E-state index in [1.165, 1.54) is 6.08 Å². The molecule has 1 heterocycles. The van der Waals surface area contributed by atoms with E-state index in [1.54, 1.807) is 10.8 Å². The zero-order chi connectivity index (χ0) is 23.1. The molecule has 1 aromatic heterocycles. The summed E-state index contributed by atoms with van der Waals surface area (Å²) in [6, 6.07) is 17.8. The number of benzene rings is 2. The highest BCUT2D eigenvalue weighted by atomic mass is 16.2. The number of hydrogen-bond donors (Lipinski definition) is 2. The number of aryl methyl sites for hydroxylation is 1. The number of nitrogens with zero attached hydrogens (tertiary/aromatic N) is 3. The van der Waals surface area contributed by atoms with E-state index in [0.29, 0.717) is 12.2 Å². The van der Waals surface area contributed by atoms with E-state index >= 15 is 0 Å². The van der Waals surface area contributed by atoms with Gasteiger partial charge in [0.25, 0.3) is 0 Å². The minimum atomic E-state index is -0.732. The predicted octanol–water partition coefficient (Wildman–Crippen LogP) is 1.72. The first-order chi connectivity index (χ1) is 15.3. The zero-order valence-corrected chi connectivity index (χ0v) is 17.8. The van der Waals surface area contributed by atoms with Crippen LogP contribution in [0, 0.1) is 6.92 Å². The lowest BCUT2D eigenvalue weighted by Gasteiger charge is -2.17. The van der Waals surface area contributed by atoms with Crippen LogP contribution < -0.4 is 11.5 Å². The fourth-order valence-electron chi connectivity index (χ4n) is 3.20. The molecule has 0 bridgehead atoms. The molecule has 0 unspecified atom stereocenters. The predicted molar refractivity (Wildman–Crippen MR) is 122 cm³/mol. The molecule has 164 valence electrons. The van der Waals surface area contributed by atoms with Gasteiger partial charge in [-0.15, -0.1) is 0 Å². The van der Waals surface area contributed by atoms with E-state index in [4.69, 9.17) is 16.6 Å². The molecule has 3 amide bonds.